The van der Waals surface area contributed by atoms with Crippen molar-refractivity contribution in [3.05, 3.63) is 78.0 Å². The van der Waals surface area contributed by atoms with Crippen LogP contribution in [0, 0.1) is 0 Å². The molecule has 2 nitrogen and oxygen atoms in total. The molecular formula is C30H19B5N2. The Morgan fingerprint density at radius 2 is 1.11 bits per heavy atom. The Balaban J connectivity index is 1.67. The normalized spacial score (nSPS) is 13.5. The maximum atomic E-state index is 6.56. The van der Waals surface area contributed by atoms with Gasteiger partial charge in [0, 0.05) is 33.2 Å². The van der Waals surface area contributed by atoms with Crippen LogP contribution in [0.5, 0.6) is 0 Å². The first kappa shape index (κ1) is 22.7. The van der Waals surface area contributed by atoms with E-state index in [-0.39, 0.29) is 16.4 Å². The number of para-hydroxylation sites is 2. The number of aromatic nitrogens is 2. The Morgan fingerprint density at radius 1 is 0.514 bits per heavy atom. The summed E-state index contributed by atoms with van der Waals surface area (Å²) >= 11 is 0. The molecule has 0 N–H and O–H groups in total. The lowest BCUT2D eigenvalue weighted by Crippen LogP contribution is -2.56. The molecule has 10 radical (unpaired) electrons. The fourth-order valence-corrected chi connectivity index (χ4v) is 6.19. The molecule has 37 heavy (non-hydrogen) atoms. The van der Waals surface area contributed by atoms with Gasteiger partial charge in [-0.3, -0.25) is 0 Å². The lowest BCUT2D eigenvalue weighted by Gasteiger charge is -2.23. The summed E-state index contributed by atoms with van der Waals surface area (Å²) in [6.07, 6.45) is 4.51. The number of benzene rings is 4. The minimum Gasteiger partial charge on any atom is -0.313 e. The first-order valence-electron chi connectivity index (χ1n) is 12.6. The van der Waals surface area contributed by atoms with E-state index < -0.39 is 0 Å². The molecule has 0 unspecified atom stereocenters. The lowest BCUT2D eigenvalue weighted by molar-refractivity contribution is 0.667. The third-order valence-electron chi connectivity index (χ3n) is 7.97. The zero-order valence-electron chi connectivity index (χ0n) is 20.5. The van der Waals surface area contributed by atoms with Gasteiger partial charge in [-0.05, 0) is 61.6 Å². The van der Waals surface area contributed by atoms with Gasteiger partial charge < -0.3 is 9.13 Å². The first-order valence-corrected chi connectivity index (χ1v) is 12.6. The molecule has 1 aliphatic carbocycles. The molecule has 2 aromatic heterocycles. The molecule has 1 aliphatic rings. The van der Waals surface area contributed by atoms with Crippen molar-refractivity contribution in [1.82, 2.24) is 9.13 Å². The van der Waals surface area contributed by atoms with Crippen LogP contribution in [0.25, 0.3) is 44.1 Å². The van der Waals surface area contributed by atoms with E-state index >= 15 is 0 Å². The summed E-state index contributed by atoms with van der Waals surface area (Å²) in [5.74, 6) is 0. The summed E-state index contributed by atoms with van der Waals surface area (Å²) < 4.78 is 4.54. The largest absolute Gasteiger partial charge is 0.313 e. The molecule has 7 rings (SSSR count). The highest BCUT2D eigenvalue weighted by atomic mass is 15.0. The Morgan fingerprint density at radius 3 is 1.86 bits per heavy atom. The molecule has 4 aromatic carbocycles. The maximum absolute atomic E-state index is 6.56. The standard InChI is InChI=1S/C30H19B5N2/c31-25-26(32)28(34)30(29(35)27(25)33)37-22-13-7-5-11-18(22)20-14-23-19(15-24(20)37)17-10-4-6-12-21(17)36(23)16-8-2-1-3-9-16/h1-3,5,7-9,11,13-15H,4,6,10,12H2. The average molecular weight is 462 g/mol. The van der Waals surface area contributed by atoms with E-state index in [1.807, 2.05) is 6.07 Å². The maximum Gasteiger partial charge on any atom is 0.115 e. The van der Waals surface area contributed by atoms with E-state index in [1.54, 1.807) is 0 Å². The van der Waals surface area contributed by atoms with Gasteiger partial charge in [-0.25, -0.2) is 0 Å². The second-order valence-corrected chi connectivity index (χ2v) is 9.96. The second-order valence-electron chi connectivity index (χ2n) is 9.96. The molecule has 0 bridgehead atoms. The molecule has 7 heteroatoms. The van der Waals surface area contributed by atoms with Crippen molar-refractivity contribution in [2.75, 3.05) is 0 Å². The summed E-state index contributed by atoms with van der Waals surface area (Å²) in [6.45, 7) is 0. The van der Waals surface area contributed by atoms with Gasteiger partial charge in [0.25, 0.3) is 0 Å². The Bertz CT molecular complexity index is 1850. The fraction of sp³-hybridized carbons (Fsp3) is 0.133. The molecule has 0 saturated carbocycles. The SMILES string of the molecule is [B]c1c([B])c([B])c(-n2c3ccccc3c3cc4c(cc32)c2c(n4-c3ccccc3)CCCC2)c([B])c1[B]. The third kappa shape index (κ3) is 3.13. The number of nitrogens with zero attached hydrogens (tertiary/aromatic N) is 2. The van der Waals surface area contributed by atoms with E-state index in [0.29, 0.717) is 16.6 Å². The number of hydrogen-bond donors (Lipinski definition) is 0. The van der Waals surface area contributed by atoms with Gasteiger partial charge in [-0.2, -0.15) is 0 Å². The Kier molecular flexibility index (Phi) is 5.08. The summed E-state index contributed by atoms with van der Waals surface area (Å²) in [7, 11) is 31.8. The monoisotopic (exact) mass is 462 g/mol. The van der Waals surface area contributed by atoms with Crippen LogP contribution in [0.2, 0.25) is 0 Å². The first-order chi connectivity index (χ1) is 18.0. The summed E-state index contributed by atoms with van der Waals surface area (Å²) in [5.41, 5.74) is 9.16. The van der Waals surface area contributed by atoms with Gasteiger partial charge in [0.15, 0.2) is 0 Å². The van der Waals surface area contributed by atoms with Crippen LogP contribution >= 0.6 is 0 Å². The van der Waals surface area contributed by atoms with E-state index in [1.165, 1.54) is 40.7 Å². The number of aryl methyl sites for hydroxylation is 1. The minimum absolute atomic E-state index is 0.218. The number of rotatable bonds is 2. The average Bonchev–Trinajstić information content (AvgIpc) is 3.43. The van der Waals surface area contributed by atoms with Gasteiger partial charge in [0.05, 0.1) is 16.6 Å². The summed E-state index contributed by atoms with van der Waals surface area (Å²) in [6, 6.07) is 23.5. The molecule has 6 aromatic rings. The van der Waals surface area contributed by atoms with E-state index in [9.17, 15) is 0 Å². The molecule has 0 spiro atoms. The van der Waals surface area contributed by atoms with Gasteiger partial charge in [0.1, 0.15) is 39.2 Å². The van der Waals surface area contributed by atoms with E-state index in [0.717, 1.165) is 34.6 Å². The predicted octanol–water partition coefficient (Wildman–Crippen LogP) is 1.58. The molecule has 0 atom stereocenters. The van der Waals surface area contributed by atoms with Crippen LogP contribution in [0.4, 0.5) is 0 Å². The number of fused-ring (bicyclic) bond motifs is 6. The molecule has 0 fully saturated rings. The topological polar surface area (TPSA) is 9.86 Å². The highest BCUT2D eigenvalue weighted by Crippen LogP contribution is 2.40. The summed E-state index contributed by atoms with van der Waals surface area (Å²) in [5, 5.41) is 3.47. The van der Waals surface area contributed by atoms with Gasteiger partial charge in [0.2, 0.25) is 0 Å². The van der Waals surface area contributed by atoms with Crippen molar-refractivity contribution in [3.8, 4) is 11.4 Å². The van der Waals surface area contributed by atoms with Gasteiger partial charge >= 0.3 is 0 Å². The smallest absolute Gasteiger partial charge is 0.115 e. The van der Waals surface area contributed by atoms with Crippen molar-refractivity contribution >= 4 is 99.3 Å². The van der Waals surface area contributed by atoms with Gasteiger partial charge in [-0.1, -0.05) is 47.3 Å². The molecule has 0 amide bonds. The van der Waals surface area contributed by atoms with Crippen LogP contribution in [-0.4, -0.2) is 48.4 Å². The van der Waals surface area contributed by atoms with Crippen LogP contribution in [-0.2, 0) is 12.8 Å². The van der Waals surface area contributed by atoms with Crippen LogP contribution < -0.4 is 27.3 Å². The fourth-order valence-electron chi connectivity index (χ4n) is 6.19. The molecule has 0 saturated heterocycles. The molecule has 2 heterocycles. The minimum atomic E-state index is 0.218. The molecule has 164 valence electrons. The van der Waals surface area contributed by atoms with Crippen LogP contribution in [0.1, 0.15) is 24.1 Å². The third-order valence-corrected chi connectivity index (χ3v) is 7.97. The van der Waals surface area contributed by atoms with E-state index in [4.69, 9.17) is 39.2 Å². The van der Waals surface area contributed by atoms with Crippen molar-refractivity contribution in [2.45, 2.75) is 25.7 Å². The highest BCUT2D eigenvalue weighted by molar-refractivity contribution is 6.68. The van der Waals surface area contributed by atoms with Crippen LogP contribution in [0.15, 0.2) is 66.7 Å². The van der Waals surface area contributed by atoms with Crippen molar-refractivity contribution < 1.29 is 0 Å². The highest BCUT2D eigenvalue weighted by Gasteiger charge is 2.24. The quantitative estimate of drug-likeness (QED) is 0.347. The van der Waals surface area contributed by atoms with Crippen molar-refractivity contribution in [1.29, 1.82) is 0 Å². The predicted molar refractivity (Wildman–Crippen MR) is 161 cm³/mol. The number of hydrogen-bond acceptors (Lipinski definition) is 0. The van der Waals surface area contributed by atoms with Gasteiger partial charge in [-0.15, -0.1) is 16.4 Å². The summed E-state index contributed by atoms with van der Waals surface area (Å²) in [4.78, 5) is 0. The van der Waals surface area contributed by atoms with Crippen molar-refractivity contribution in [3.63, 3.8) is 0 Å². The zero-order valence-corrected chi connectivity index (χ0v) is 20.5. The Labute approximate surface area is 223 Å². The molecular weight excluding hydrogens is 442 g/mol. The lowest BCUT2D eigenvalue weighted by atomic mass is 9.61. The van der Waals surface area contributed by atoms with E-state index in [2.05, 4.69) is 69.8 Å². The second kappa shape index (κ2) is 8.28. The van der Waals surface area contributed by atoms with Crippen molar-refractivity contribution in [2.24, 2.45) is 0 Å². The van der Waals surface area contributed by atoms with Crippen LogP contribution in [0.3, 0.4) is 0 Å². The Hall–Kier alpha value is -3.46. The zero-order chi connectivity index (χ0) is 25.4. The molecule has 0 aliphatic heterocycles.